The van der Waals surface area contributed by atoms with Crippen LogP contribution in [0.2, 0.25) is 0 Å². The first-order valence-corrected chi connectivity index (χ1v) is 8.68. The van der Waals surface area contributed by atoms with Crippen LogP contribution in [0.3, 0.4) is 0 Å². The van der Waals surface area contributed by atoms with E-state index in [0.29, 0.717) is 6.04 Å². The molecule has 1 aliphatic rings. The molecule has 0 aliphatic heterocycles. The van der Waals surface area contributed by atoms with Crippen molar-refractivity contribution in [2.75, 3.05) is 32.8 Å². The lowest BCUT2D eigenvalue weighted by Gasteiger charge is -2.42. The molecule has 0 aromatic carbocycles. The molecule has 120 valence electrons. The number of aliphatic hydroxyl groups excluding tert-OH is 1. The molecule has 20 heavy (non-hydrogen) atoms. The Balaban J connectivity index is 2.61. The van der Waals surface area contributed by atoms with Gasteiger partial charge in [0.1, 0.15) is 0 Å². The predicted molar refractivity (Wildman–Crippen MR) is 87.0 cm³/mol. The molecule has 1 saturated carbocycles. The zero-order chi connectivity index (χ0) is 15.0. The van der Waals surface area contributed by atoms with Gasteiger partial charge in [-0.1, -0.05) is 34.1 Å². The van der Waals surface area contributed by atoms with E-state index in [4.69, 9.17) is 0 Å². The molecule has 0 saturated heterocycles. The van der Waals surface area contributed by atoms with Crippen LogP contribution in [0.15, 0.2) is 0 Å². The molecule has 0 aromatic rings. The molecule has 0 radical (unpaired) electrons. The number of rotatable bonds is 9. The quantitative estimate of drug-likeness (QED) is 0.683. The van der Waals surface area contributed by atoms with Gasteiger partial charge in [-0.05, 0) is 50.1 Å². The van der Waals surface area contributed by atoms with Crippen molar-refractivity contribution >= 4 is 0 Å². The third-order valence-corrected chi connectivity index (χ3v) is 4.86. The summed E-state index contributed by atoms with van der Waals surface area (Å²) >= 11 is 0. The Morgan fingerprint density at radius 1 is 1.15 bits per heavy atom. The van der Waals surface area contributed by atoms with Gasteiger partial charge in [0.25, 0.3) is 0 Å². The monoisotopic (exact) mass is 284 g/mol. The highest BCUT2D eigenvalue weighted by Gasteiger charge is 2.34. The molecule has 0 heterocycles. The summed E-state index contributed by atoms with van der Waals surface area (Å²) < 4.78 is 0. The van der Waals surface area contributed by atoms with Gasteiger partial charge in [-0.25, -0.2) is 0 Å². The third kappa shape index (κ3) is 5.71. The second-order valence-corrected chi connectivity index (χ2v) is 6.76. The molecule has 4 atom stereocenters. The SMILES string of the molecule is CCCCN(CCO)CC1C(C)CC(C)CC1NCC. The molecule has 2 N–H and O–H groups in total. The van der Waals surface area contributed by atoms with Crippen LogP contribution >= 0.6 is 0 Å². The van der Waals surface area contributed by atoms with Crippen LogP contribution in [0.1, 0.15) is 53.4 Å². The predicted octanol–water partition coefficient (Wildman–Crippen LogP) is 2.74. The van der Waals surface area contributed by atoms with E-state index in [-0.39, 0.29) is 6.61 Å². The second kappa shape index (κ2) is 9.75. The molecule has 3 heteroatoms. The Morgan fingerprint density at radius 3 is 2.50 bits per heavy atom. The minimum Gasteiger partial charge on any atom is -0.395 e. The largest absolute Gasteiger partial charge is 0.395 e. The average molecular weight is 284 g/mol. The maximum Gasteiger partial charge on any atom is 0.0558 e. The molecule has 0 bridgehead atoms. The number of unbranched alkanes of at least 4 members (excludes halogenated alkanes) is 1. The fraction of sp³-hybridized carbons (Fsp3) is 1.00. The van der Waals surface area contributed by atoms with Crippen LogP contribution in [0.5, 0.6) is 0 Å². The Labute approximate surface area is 126 Å². The lowest BCUT2D eigenvalue weighted by Crippen LogP contribution is -2.49. The summed E-state index contributed by atoms with van der Waals surface area (Å²) in [6.07, 6.45) is 5.14. The highest BCUT2D eigenvalue weighted by Crippen LogP contribution is 2.34. The van der Waals surface area contributed by atoms with Crippen molar-refractivity contribution in [3.05, 3.63) is 0 Å². The molecular formula is C17H36N2O. The fourth-order valence-electron chi connectivity index (χ4n) is 3.83. The standard InChI is InChI=1S/C17H36N2O/c1-5-7-8-19(9-10-20)13-16-15(4)11-14(3)12-17(16)18-6-2/h14-18,20H,5-13H2,1-4H3. The van der Waals surface area contributed by atoms with Crippen molar-refractivity contribution in [1.29, 1.82) is 0 Å². The van der Waals surface area contributed by atoms with Gasteiger partial charge in [0.15, 0.2) is 0 Å². The van der Waals surface area contributed by atoms with E-state index in [1.54, 1.807) is 0 Å². The van der Waals surface area contributed by atoms with Crippen LogP contribution in [0.4, 0.5) is 0 Å². The number of hydrogen-bond acceptors (Lipinski definition) is 3. The van der Waals surface area contributed by atoms with Gasteiger partial charge in [0.2, 0.25) is 0 Å². The lowest BCUT2D eigenvalue weighted by molar-refractivity contribution is 0.0907. The van der Waals surface area contributed by atoms with E-state index in [9.17, 15) is 5.11 Å². The van der Waals surface area contributed by atoms with Crippen molar-refractivity contribution in [2.24, 2.45) is 17.8 Å². The number of hydrogen-bond donors (Lipinski definition) is 2. The van der Waals surface area contributed by atoms with E-state index in [2.05, 4.69) is 37.9 Å². The lowest BCUT2D eigenvalue weighted by atomic mass is 9.72. The molecular weight excluding hydrogens is 248 g/mol. The van der Waals surface area contributed by atoms with E-state index in [1.807, 2.05) is 0 Å². The maximum absolute atomic E-state index is 9.29. The molecule has 1 aliphatic carbocycles. The zero-order valence-electron chi connectivity index (χ0n) is 14.1. The summed E-state index contributed by atoms with van der Waals surface area (Å²) in [5, 5.41) is 13.0. The van der Waals surface area contributed by atoms with E-state index in [0.717, 1.165) is 43.9 Å². The first-order chi connectivity index (χ1) is 9.62. The average Bonchev–Trinajstić information content (AvgIpc) is 2.40. The van der Waals surface area contributed by atoms with Gasteiger partial charge in [-0.2, -0.15) is 0 Å². The van der Waals surface area contributed by atoms with Gasteiger partial charge in [-0.15, -0.1) is 0 Å². The number of nitrogens with zero attached hydrogens (tertiary/aromatic N) is 1. The Morgan fingerprint density at radius 2 is 1.90 bits per heavy atom. The summed E-state index contributed by atoms with van der Waals surface area (Å²) in [6.45, 7) is 13.7. The van der Waals surface area contributed by atoms with Gasteiger partial charge >= 0.3 is 0 Å². The Kier molecular flexibility index (Phi) is 8.74. The second-order valence-electron chi connectivity index (χ2n) is 6.76. The van der Waals surface area contributed by atoms with Crippen molar-refractivity contribution < 1.29 is 5.11 Å². The van der Waals surface area contributed by atoms with Crippen LogP contribution in [-0.4, -0.2) is 48.8 Å². The van der Waals surface area contributed by atoms with Crippen LogP contribution in [0, 0.1) is 17.8 Å². The number of nitrogens with one attached hydrogen (secondary N) is 1. The molecule has 4 unspecified atom stereocenters. The van der Waals surface area contributed by atoms with Crippen molar-refractivity contribution in [3.63, 3.8) is 0 Å². The molecule has 1 rings (SSSR count). The highest BCUT2D eigenvalue weighted by molar-refractivity contribution is 4.89. The van der Waals surface area contributed by atoms with Crippen LogP contribution in [0.25, 0.3) is 0 Å². The van der Waals surface area contributed by atoms with Crippen LogP contribution in [-0.2, 0) is 0 Å². The molecule has 1 fully saturated rings. The van der Waals surface area contributed by atoms with Gasteiger partial charge in [-0.3, -0.25) is 0 Å². The molecule has 3 nitrogen and oxygen atoms in total. The highest BCUT2D eigenvalue weighted by atomic mass is 16.3. The first-order valence-electron chi connectivity index (χ1n) is 8.68. The molecule has 0 spiro atoms. The van der Waals surface area contributed by atoms with E-state index >= 15 is 0 Å². The minimum absolute atomic E-state index is 0.285. The zero-order valence-corrected chi connectivity index (χ0v) is 14.1. The third-order valence-electron chi connectivity index (χ3n) is 4.86. The normalized spacial score (nSPS) is 30.9. The summed E-state index contributed by atoms with van der Waals surface area (Å²) in [5.41, 5.74) is 0. The Bertz CT molecular complexity index is 247. The molecule has 0 amide bonds. The summed E-state index contributed by atoms with van der Waals surface area (Å²) in [7, 11) is 0. The first kappa shape index (κ1) is 17.9. The smallest absolute Gasteiger partial charge is 0.0558 e. The van der Waals surface area contributed by atoms with Gasteiger partial charge < -0.3 is 15.3 Å². The topological polar surface area (TPSA) is 35.5 Å². The van der Waals surface area contributed by atoms with Gasteiger partial charge in [0, 0.05) is 19.1 Å². The fourth-order valence-corrected chi connectivity index (χ4v) is 3.83. The van der Waals surface area contributed by atoms with Crippen molar-refractivity contribution in [2.45, 2.75) is 59.4 Å². The summed E-state index contributed by atoms with van der Waals surface area (Å²) in [5.74, 6) is 2.35. The summed E-state index contributed by atoms with van der Waals surface area (Å²) in [6, 6.07) is 0.654. The molecule has 0 aromatic heterocycles. The Hall–Kier alpha value is -0.120. The van der Waals surface area contributed by atoms with E-state index in [1.165, 1.54) is 25.7 Å². The van der Waals surface area contributed by atoms with Crippen molar-refractivity contribution in [3.8, 4) is 0 Å². The van der Waals surface area contributed by atoms with Crippen molar-refractivity contribution in [1.82, 2.24) is 10.2 Å². The maximum atomic E-state index is 9.29. The minimum atomic E-state index is 0.285. The van der Waals surface area contributed by atoms with Crippen LogP contribution < -0.4 is 5.32 Å². The van der Waals surface area contributed by atoms with Gasteiger partial charge in [0.05, 0.1) is 6.61 Å². The van der Waals surface area contributed by atoms with E-state index < -0.39 is 0 Å². The number of aliphatic hydroxyl groups is 1. The summed E-state index contributed by atoms with van der Waals surface area (Å²) in [4.78, 5) is 2.48.